The van der Waals surface area contributed by atoms with Crippen LogP contribution in [0.4, 0.5) is 0 Å². The third-order valence-electron chi connectivity index (χ3n) is 2.78. The molecule has 96 valence electrons. The minimum Gasteiger partial charge on any atom is -0.314 e. The van der Waals surface area contributed by atoms with E-state index in [0.717, 1.165) is 30.2 Å². The fraction of sp³-hybridized carbons (Fsp3) is 0.714. The Hall–Kier alpha value is -0.960. The Morgan fingerprint density at radius 1 is 1.12 bits per heavy atom. The minimum atomic E-state index is 0.515. The van der Waals surface area contributed by atoms with Gasteiger partial charge >= 0.3 is 0 Å². The van der Waals surface area contributed by atoms with Crippen molar-refractivity contribution < 1.29 is 0 Å². The van der Waals surface area contributed by atoms with Gasteiger partial charge in [0, 0.05) is 23.9 Å². The van der Waals surface area contributed by atoms with Gasteiger partial charge in [-0.15, -0.1) is 0 Å². The van der Waals surface area contributed by atoms with Gasteiger partial charge in [-0.2, -0.15) is 0 Å². The van der Waals surface area contributed by atoms with Gasteiger partial charge in [0.25, 0.3) is 0 Å². The van der Waals surface area contributed by atoms with Gasteiger partial charge in [0.1, 0.15) is 5.82 Å². The van der Waals surface area contributed by atoms with E-state index in [2.05, 4.69) is 29.1 Å². The molecule has 0 spiro atoms. The van der Waals surface area contributed by atoms with Gasteiger partial charge in [0.15, 0.2) is 0 Å². The zero-order valence-corrected chi connectivity index (χ0v) is 11.6. The van der Waals surface area contributed by atoms with E-state index in [1.54, 1.807) is 0 Å². The number of aromatic nitrogens is 2. The molecule has 3 nitrogen and oxygen atoms in total. The molecular weight excluding hydrogens is 210 g/mol. The lowest BCUT2D eigenvalue weighted by molar-refractivity contribution is 0.464. The average molecular weight is 235 g/mol. The number of hydrogen-bond acceptors (Lipinski definition) is 3. The van der Waals surface area contributed by atoms with E-state index in [4.69, 9.17) is 0 Å². The lowest BCUT2D eigenvalue weighted by Gasteiger charge is -2.17. The first kappa shape index (κ1) is 14.1. The summed E-state index contributed by atoms with van der Waals surface area (Å²) in [6.45, 7) is 9.57. The highest BCUT2D eigenvalue weighted by Gasteiger charge is 2.10. The second-order valence-corrected chi connectivity index (χ2v) is 4.71. The zero-order chi connectivity index (χ0) is 12.7. The maximum Gasteiger partial charge on any atom is 0.130 e. The van der Waals surface area contributed by atoms with Crippen LogP contribution in [0, 0.1) is 13.8 Å². The molecule has 1 unspecified atom stereocenters. The van der Waals surface area contributed by atoms with Gasteiger partial charge in [0.05, 0.1) is 0 Å². The number of nitrogens with zero attached hydrogens (tertiary/aromatic N) is 2. The van der Waals surface area contributed by atoms with Crippen LogP contribution in [0.1, 0.15) is 50.3 Å². The molecule has 1 N–H and O–H groups in total. The second-order valence-electron chi connectivity index (χ2n) is 4.71. The summed E-state index contributed by atoms with van der Waals surface area (Å²) in [5.74, 6) is 0.976. The predicted molar refractivity (Wildman–Crippen MR) is 72.2 cm³/mol. The van der Waals surface area contributed by atoms with Crippen molar-refractivity contribution in [3.63, 3.8) is 0 Å². The molecule has 0 saturated heterocycles. The van der Waals surface area contributed by atoms with Gasteiger partial charge in [-0.1, -0.05) is 20.3 Å². The monoisotopic (exact) mass is 235 g/mol. The summed E-state index contributed by atoms with van der Waals surface area (Å²) in [4.78, 5) is 9.03. The fourth-order valence-electron chi connectivity index (χ4n) is 2.08. The quantitative estimate of drug-likeness (QED) is 0.789. The number of nitrogens with one attached hydrogen (secondary N) is 1. The highest BCUT2D eigenvalue weighted by atomic mass is 14.9. The summed E-state index contributed by atoms with van der Waals surface area (Å²) in [6, 6.07) is 2.54. The van der Waals surface area contributed by atoms with E-state index >= 15 is 0 Å². The third kappa shape index (κ3) is 5.26. The smallest absolute Gasteiger partial charge is 0.130 e. The Morgan fingerprint density at radius 2 is 1.76 bits per heavy atom. The van der Waals surface area contributed by atoms with E-state index in [9.17, 15) is 0 Å². The molecule has 3 heteroatoms. The summed E-state index contributed by atoms with van der Waals surface area (Å²) in [5.41, 5.74) is 2.14. The van der Waals surface area contributed by atoms with Gasteiger partial charge in [-0.25, -0.2) is 9.97 Å². The predicted octanol–water partition coefficient (Wildman–Crippen LogP) is 2.80. The van der Waals surface area contributed by atoms with Crippen molar-refractivity contribution in [1.82, 2.24) is 15.3 Å². The first-order chi connectivity index (χ1) is 8.15. The first-order valence-corrected chi connectivity index (χ1v) is 6.70. The van der Waals surface area contributed by atoms with Crippen LogP contribution in [0.5, 0.6) is 0 Å². The van der Waals surface area contributed by atoms with Crippen molar-refractivity contribution in [1.29, 1.82) is 0 Å². The van der Waals surface area contributed by atoms with Crippen molar-refractivity contribution in [3.8, 4) is 0 Å². The molecule has 0 aromatic carbocycles. The van der Waals surface area contributed by atoms with Crippen LogP contribution in [0.2, 0.25) is 0 Å². The van der Waals surface area contributed by atoms with Crippen LogP contribution in [0.3, 0.4) is 0 Å². The number of rotatable bonds is 7. The maximum atomic E-state index is 4.51. The summed E-state index contributed by atoms with van der Waals surface area (Å²) in [7, 11) is 0. The van der Waals surface area contributed by atoms with Gasteiger partial charge in [-0.3, -0.25) is 0 Å². The normalized spacial score (nSPS) is 12.7. The Labute approximate surface area is 105 Å². The van der Waals surface area contributed by atoms with E-state index in [1.807, 2.05) is 19.9 Å². The highest BCUT2D eigenvalue weighted by molar-refractivity contribution is 5.09. The summed E-state index contributed by atoms with van der Waals surface area (Å²) < 4.78 is 0. The van der Waals surface area contributed by atoms with E-state index in [0.29, 0.717) is 6.04 Å². The van der Waals surface area contributed by atoms with Crippen molar-refractivity contribution in [2.45, 2.75) is 59.4 Å². The van der Waals surface area contributed by atoms with Crippen molar-refractivity contribution in [2.75, 3.05) is 6.54 Å². The Bertz CT molecular complexity index is 316. The standard InChI is InChI=1S/C14H25N3/c1-5-7-13(15-8-6-2)10-14-16-11(3)9-12(4)17-14/h9,13,15H,5-8,10H2,1-4H3. The minimum absolute atomic E-state index is 0.515. The maximum absolute atomic E-state index is 4.51. The van der Waals surface area contributed by atoms with Crippen molar-refractivity contribution in [2.24, 2.45) is 0 Å². The molecule has 1 heterocycles. The second kappa shape index (κ2) is 7.38. The largest absolute Gasteiger partial charge is 0.314 e. The van der Waals surface area contributed by atoms with Crippen LogP contribution >= 0.6 is 0 Å². The molecule has 1 aromatic rings. The topological polar surface area (TPSA) is 37.8 Å². The highest BCUT2D eigenvalue weighted by Crippen LogP contribution is 2.06. The fourth-order valence-corrected chi connectivity index (χ4v) is 2.08. The molecule has 1 aromatic heterocycles. The zero-order valence-electron chi connectivity index (χ0n) is 11.6. The van der Waals surface area contributed by atoms with E-state index in [1.165, 1.54) is 19.3 Å². The molecular formula is C14H25N3. The van der Waals surface area contributed by atoms with Crippen LogP contribution in [0.25, 0.3) is 0 Å². The van der Waals surface area contributed by atoms with Gasteiger partial charge in [0.2, 0.25) is 0 Å². The molecule has 17 heavy (non-hydrogen) atoms. The Balaban J connectivity index is 2.63. The van der Waals surface area contributed by atoms with Crippen molar-refractivity contribution in [3.05, 3.63) is 23.3 Å². The SMILES string of the molecule is CCCNC(CCC)Cc1nc(C)cc(C)n1. The summed E-state index contributed by atoms with van der Waals surface area (Å²) in [6.07, 6.45) is 4.51. The first-order valence-electron chi connectivity index (χ1n) is 6.70. The summed E-state index contributed by atoms with van der Waals surface area (Å²) in [5, 5.41) is 3.58. The molecule has 1 atom stereocenters. The Morgan fingerprint density at radius 3 is 2.29 bits per heavy atom. The van der Waals surface area contributed by atoms with Gasteiger partial charge in [-0.05, 0) is 39.3 Å². The molecule has 0 aliphatic rings. The molecule has 0 fully saturated rings. The summed E-state index contributed by atoms with van der Waals surface area (Å²) >= 11 is 0. The van der Waals surface area contributed by atoms with Crippen molar-refractivity contribution >= 4 is 0 Å². The molecule has 0 aliphatic carbocycles. The lowest BCUT2D eigenvalue weighted by atomic mass is 10.1. The average Bonchev–Trinajstić information content (AvgIpc) is 2.24. The molecule has 0 aliphatic heterocycles. The molecule has 0 bridgehead atoms. The van der Waals surface area contributed by atoms with Gasteiger partial charge < -0.3 is 5.32 Å². The van der Waals surface area contributed by atoms with Crippen LogP contribution in [-0.2, 0) is 6.42 Å². The van der Waals surface area contributed by atoms with E-state index < -0.39 is 0 Å². The molecule has 1 rings (SSSR count). The number of hydrogen-bond donors (Lipinski definition) is 1. The molecule has 0 amide bonds. The number of aryl methyl sites for hydroxylation is 2. The third-order valence-corrected chi connectivity index (χ3v) is 2.78. The van der Waals surface area contributed by atoms with Crippen LogP contribution in [-0.4, -0.2) is 22.6 Å². The molecule has 0 saturated carbocycles. The van der Waals surface area contributed by atoms with E-state index in [-0.39, 0.29) is 0 Å². The van der Waals surface area contributed by atoms with Crippen LogP contribution < -0.4 is 5.32 Å². The van der Waals surface area contributed by atoms with Crippen LogP contribution in [0.15, 0.2) is 6.07 Å². The lowest BCUT2D eigenvalue weighted by Crippen LogP contribution is -2.32. The Kier molecular flexibility index (Phi) is 6.12. The molecule has 0 radical (unpaired) electrons.